The molecule has 1 amide bonds. The van der Waals surface area contributed by atoms with Crippen LogP contribution in [0.2, 0.25) is 0 Å². The number of aryl methyl sites for hydroxylation is 1. The number of carbonyl (C=O) groups is 1. The molecule has 0 fully saturated rings. The van der Waals surface area contributed by atoms with Gasteiger partial charge >= 0.3 is 0 Å². The third-order valence-electron chi connectivity index (χ3n) is 1.78. The standard InChI is InChI=1S/C8H13FN4O2S/c1-5-4-13(6(2)9)11-8(5)16(10,15)12-7(3)14/h4,6H,1-3H3,(H2,10,12,14,15). The molecule has 0 saturated heterocycles. The molecular weight excluding hydrogens is 235 g/mol. The lowest BCUT2D eigenvalue weighted by Crippen LogP contribution is -2.16. The molecule has 0 aliphatic carbocycles. The Morgan fingerprint density at radius 2 is 2.31 bits per heavy atom. The van der Waals surface area contributed by atoms with Gasteiger partial charge in [0.1, 0.15) is 0 Å². The highest BCUT2D eigenvalue weighted by Crippen LogP contribution is 2.16. The van der Waals surface area contributed by atoms with E-state index in [0.29, 0.717) is 5.56 Å². The lowest BCUT2D eigenvalue weighted by Gasteiger charge is -2.01. The van der Waals surface area contributed by atoms with Crippen LogP contribution in [0.25, 0.3) is 0 Å². The predicted octanol–water partition coefficient (Wildman–Crippen LogP) is 0.927. The molecule has 90 valence electrons. The molecule has 2 N–H and O–H groups in total. The highest BCUT2D eigenvalue weighted by Gasteiger charge is 2.17. The third kappa shape index (κ3) is 2.64. The molecule has 0 aromatic carbocycles. The van der Waals surface area contributed by atoms with E-state index in [1.165, 1.54) is 13.1 Å². The van der Waals surface area contributed by atoms with E-state index in [0.717, 1.165) is 11.6 Å². The van der Waals surface area contributed by atoms with Crippen LogP contribution in [0.5, 0.6) is 0 Å². The van der Waals surface area contributed by atoms with E-state index in [1.807, 2.05) is 0 Å². The van der Waals surface area contributed by atoms with Crippen LogP contribution in [0.4, 0.5) is 4.39 Å². The Kier molecular flexibility index (Phi) is 3.44. The second-order valence-electron chi connectivity index (χ2n) is 3.35. The zero-order valence-corrected chi connectivity index (χ0v) is 9.99. The molecule has 0 bridgehead atoms. The monoisotopic (exact) mass is 248 g/mol. The van der Waals surface area contributed by atoms with E-state index in [9.17, 15) is 13.4 Å². The maximum atomic E-state index is 12.9. The summed E-state index contributed by atoms with van der Waals surface area (Å²) in [7, 11) is -3.38. The smallest absolute Gasteiger partial charge is 0.252 e. The van der Waals surface area contributed by atoms with Crippen LogP contribution < -0.4 is 5.14 Å². The summed E-state index contributed by atoms with van der Waals surface area (Å²) in [5.74, 6) is -0.658. The minimum Gasteiger partial charge on any atom is -0.272 e. The fraction of sp³-hybridized carbons (Fsp3) is 0.500. The number of amides is 1. The molecule has 1 rings (SSSR count). The Balaban J connectivity index is 3.35. The number of hydrogen-bond acceptors (Lipinski definition) is 3. The second kappa shape index (κ2) is 4.30. The quantitative estimate of drug-likeness (QED) is 0.843. The fourth-order valence-electron chi connectivity index (χ4n) is 1.17. The van der Waals surface area contributed by atoms with Crippen molar-refractivity contribution in [3.05, 3.63) is 11.8 Å². The first kappa shape index (κ1) is 12.8. The summed E-state index contributed by atoms with van der Waals surface area (Å²) >= 11 is 0. The normalized spacial score (nSPS) is 16.6. The molecule has 0 spiro atoms. The Morgan fingerprint density at radius 3 is 2.69 bits per heavy atom. The summed E-state index contributed by atoms with van der Waals surface area (Å²) in [5.41, 5.74) is 0.432. The summed E-state index contributed by atoms with van der Waals surface area (Å²) in [6.07, 6.45) is 0.00213. The van der Waals surface area contributed by atoms with Crippen LogP contribution >= 0.6 is 0 Å². The summed E-state index contributed by atoms with van der Waals surface area (Å²) < 4.78 is 29.1. The predicted molar refractivity (Wildman–Crippen MR) is 56.5 cm³/mol. The molecule has 2 atom stereocenters. The van der Waals surface area contributed by atoms with Gasteiger partial charge in [0.05, 0.1) is 0 Å². The van der Waals surface area contributed by atoms with E-state index in [1.54, 1.807) is 6.92 Å². The van der Waals surface area contributed by atoms with Crippen LogP contribution in [0.15, 0.2) is 15.6 Å². The Morgan fingerprint density at radius 1 is 1.75 bits per heavy atom. The molecule has 1 aromatic rings. The van der Waals surface area contributed by atoms with Gasteiger partial charge in [-0.2, -0.15) is 5.10 Å². The van der Waals surface area contributed by atoms with Crippen molar-refractivity contribution in [2.75, 3.05) is 0 Å². The van der Waals surface area contributed by atoms with Gasteiger partial charge in [-0.3, -0.25) is 4.79 Å². The molecule has 0 aliphatic heterocycles. The summed E-state index contributed by atoms with van der Waals surface area (Å²) in [4.78, 5) is 10.8. The molecule has 0 radical (unpaired) electrons. The molecule has 6 nitrogen and oxygen atoms in total. The van der Waals surface area contributed by atoms with Gasteiger partial charge in [-0.05, 0) is 13.8 Å². The van der Waals surface area contributed by atoms with Crippen molar-refractivity contribution in [1.29, 1.82) is 0 Å². The number of nitrogens with zero attached hydrogens (tertiary/aromatic N) is 3. The van der Waals surface area contributed by atoms with Crippen molar-refractivity contribution in [2.24, 2.45) is 9.50 Å². The van der Waals surface area contributed by atoms with Gasteiger partial charge < -0.3 is 0 Å². The van der Waals surface area contributed by atoms with E-state index in [4.69, 9.17) is 5.14 Å². The summed E-state index contributed by atoms with van der Waals surface area (Å²) in [6.45, 7) is 3.98. The fourth-order valence-corrected chi connectivity index (χ4v) is 2.37. The lowest BCUT2D eigenvalue weighted by atomic mass is 10.4. The van der Waals surface area contributed by atoms with Crippen molar-refractivity contribution in [3.8, 4) is 0 Å². The number of carbonyl (C=O) groups excluding carboxylic acids is 1. The summed E-state index contributed by atoms with van der Waals surface area (Å²) in [5, 5.41) is 9.06. The van der Waals surface area contributed by atoms with Gasteiger partial charge in [-0.25, -0.2) is 18.4 Å². The Labute approximate surface area is 92.9 Å². The van der Waals surface area contributed by atoms with Crippen molar-refractivity contribution in [2.45, 2.75) is 32.1 Å². The Bertz CT molecular complexity index is 528. The van der Waals surface area contributed by atoms with E-state index in [2.05, 4.69) is 9.46 Å². The molecule has 0 aliphatic rings. The minimum atomic E-state index is -3.38. The molecule has 16 heavy (non-hydrogen) atoms. The molecule has 8 heteroatoms. The van der Waals surface area contributed by atoms with Crippen molar-refractivity contribution in [1.82, 2.24) is 9.78 Å². The van der Waals surface area contributed by atoms with Crippen LogP contribution in [0, 0.1) is 6.92 Å². The van der Waals surface area contributed by atoms with Gasteiger partial charge in [0.2, 0.25) is 0 Å². The molecular formula is C8H13FN4O2S. The second-order valence-corrected chi connectivity index (χ2v) is 5.06. The van der Waals surface area contributed by atoms with Crippen LogP contribution in [-0.4, -0.2) is 19.9 Å². The molecule has 1 aromatic heterocycles. The summed E-state index contributed by atoms with van der Waals surface area (Å²) in [6, 6.07) is 0. The largest absolute Gasteiger partial charge is 0.272 e. The highest BCUT2D eigenvalue weighted by atomic mass is 32.2. The van der Waals surface area contributed by atoms with Crippen molar-refractivity contribution in [3.63, 3.8) is 0 Å². The first-order valence-corrected chi connectivity index (χ1v) is 6.07. The highest BCUT2D eigenvalue weighted by molar-refractivity contribution is 7.91. The number of aromatic nitrogens is 2. The number of nitrogens with two attached hydrogens (primary N) is 1. The molecule has 2 unspecified atom stereocenters. The minimum absolute atomic E-state index is 0.0628. The zero-order valence-electron chi connectivity index (χ0n) is 9.18. The lowest BCUT2D eigenvalue weighted by molar-refractivity contribution is -0.115. The van der Waals surface area contributed by atoms with Crippen molar-refractivity contribution >= 4 is 15.8 Å². The average molecular weight is 248 g/mol. The van der Waals surface area contributed by atoms with Crippen LogP contribution in [0.1, 0.15) is 25.7 Å². The number of rotatable bonds is 2. The molecule has 1 heterocycles. The van der Waals surface area contributed by atoms with Gasteiger partial charge in [0.15, 0.2) is 21.2 Å². The van der Waals surface area contributed by atoms with E-state index < -0.39 is 22.1 Å². The SMILES string of the molecule is CC(=O)N=S(N)(=O)c1nn(C(C)F)cc1C. The van der Waals surface area contributed by atoms with Crippen LogP contribution in [0.3, 0.4) is 0 Å². The first-order chi connectivity index (χ1) is 7.24. The Hall–Kier alpha value is -1.28. The van der Waals surface area contributed by atoms with E-state index >= 15 is 0 Å². The van der Waals surface area contributed by atoms with E-state index in [-0.39, 0.29) is 5.03 Å². The zero-order chi connectivity index (χ0) is 12.5. The van der Waals surface area contributed by atoms with Gasteiger partial charge in [-0.15, -0.1) is 4.36 Å². The van der Waals surface area contributed by atoms with Gasteiger partial charge in [0, 0.05) is 18.7 Å². The topological polar surface area (TPSA) is 90.3 Å². The van der Waals surface area contributed by atoms with Gasteiger partial charge in [0.25, 0.3) is 5.91 Å². The maximum Gasteiger partial charge on any atom is 0.252 e. The number of hydrogen-bond donors (Lipinski definition) is 1. The third-order valence-corrected chi connectivity index (χ3v) is 3.26. The number of alkyl halides is 1. The number of halogens is 1. The van der Waals surface area contributed by atoms with Crippen LogP contribution in [-0.2, 0) is 14.7 Å². The first-order valence-electron chi connectivity index (χ1n) is 4.49. The van der Waals surface area contributed by atoms with Crippen molar-refractivity contribution < 1.29 is 13.4 Å². The molecule has 0 saturated carbocycles. The maximum absolute atomic E-state index is 12.9. The average Bonchev–Trinajstić information content (AvgIpc) is 2.45. The van der Waals surface area contributed by atoms with Gasteiger partial charge in [-0.1, -0.05) is 0 Å².